The molecule has 1 unspecified atom stereocenters. The zero-order chi connectivity index (χ0) is 9.90. The van der Waals surface area contributed by atoms with Crippen LogP contribution in [-0.4, -0.2) is 20.4 Å². The molecule has 1 aromatic rings. The van der Waals surface area contributed by atoms with Gasteiger partial charge in [-0.25, -0.2) is 8.42 Å². The minimum Gasteiger partial charge on any atom is -0.468 e. The molecule has 0 aliphatic heterocycles. The Balaban J connectivity index is 2.48. The summed E-state index contributed by atoms with van der Waals surface area (Å²) in [5.74, 6) is 0.721. The summed E-state index contributed by atoms with van der Waals surface area (Å²) in [7, 11) is -2.93. The molecule has 0 radical (unpaired) electrons. The van der Waals surface area contributed by atoms with Gasteiger partial charge in [0.15, 0.2) is 0 Å². The molecule has 0 spiro atoms. The summed E-state index contributed by atoms with van der Waals surface area (Å²) >= 11 is 0. The molecule has 0 amide bonds. The van der Waals surface area contributed by atoms with Crippen molar-refractivity contribution in [2.75, 3.05) is 12.0 Å². The van der Waals surface area contributed by atoms with E-state index in [9.17, 15) is 8.42 Å². The van der Waals surface area contributed by atoms with E-state index in [1.54, 1.807) is 12.1 Å². The Morgan fingerprint density at radius 2 is 2.31 bits per heavy atom. The van der Waals surface area contributed by atoms with Gasteiger partial charge in [-0.1, -0.05) is 0 Å². The van der Waals surface area contributed by atoms with Gasteiger partial charge in [0.05, 0.1) is 18.1 Å². The summed E-state index contributed by atoms with van der Waals surface area (Å²) in [4.78, 5) is 0. The lowest BCUT2D eigenvalue weighted by atomic mass is 10.2. The summed E-state index contributed by atoms with van der Waals surface area (Å²) in [6.07, 6.45) is 3.11. The molecule has 2 N–H and O–H groups in total. The largest absolute Gasteiger partial charge is 0.468 e. The Morgan fingerprint density at radius 3 is 2.77 bits per heavy atom. The molecule has 0 saturated heterocycles. The van der Waals surface area contributed by atoms with Crippen LogP contribution in [0, 0.1) is 0 Å². The predicted molar refractivity (Wildman–Crippen MR) is 50.0 cm³/mol. The fourth-order valence-corrected chi connectivity index (χ4v) is 1.67. The maximum absolute atomic E-state index is 10.8. The van der Waals surface area contributed by atoms with Gasteiger partial charge in [-0.15, -0.1) is 0 Å². The molecule has 0 bridgehead atoms. The molecule has 1 aromatic heterocycles. The van der Waals surface area contributed by atoms with E-state index in [2.05, 4.69) is 0 Å². The van der Waals surface area contributed by atoms with Crippen molar-refractivity contribution in [2.45, 2.75) is 12.5 Å². The second-order valence-corrected chi connectivity index (χ2v) is 5.30. The number of rotatable bonds is 4. The van der Waals surface area contributed by atoms with Crippen LogP contribution in [0.4, 0.5) is 0 Å². The molecular weight excluding hydrogens is 190 g/mol. The SMILES string of the molecule is CS(=O)(=O)CCC(N)c1ccco1. The standard InChI is InChI=1S/C8H13NO3S/c1-13(10,11)6-4-7(9)8-3-2-5-12-8/h2-3,5,7H,4,6,9H2,1H3. The third-order valence-electron chi connectivity index (χ3n) is 1.71. The normalized spacial score (nSPS) is 14.3. The van der Waals surface area contributed by atoms with Crippen molar-refractivity contribution >= 4 is 9.84 Å². The highest BCUT2D eigenvalue weighted by Gasteiger charge is 2.11. The third-order valence-corrected chi connectivity index (χ3v) is 2.69. The molecule has 1 atom stereocenters. The lowest BCUT2D eigenvalue weighted by Gasteiger charge is -2.06. The number of hydrogen-bond donors (Lipinski definition) is 1. The highest BCUT2D eigenvalue weighted by atomic mass is 32.2. The van der Waals surface area contributed by atoms with Gasteiger partial charge >= 0.3 is 0 Å². The van der Waals surface area contributed by atoms with Crippen LogP contribution in [0.25, 0.3) is 0 Å². The smallest absolute Gasteiger partial charge is 0.147 e. The van der Waals surface area contributed by atoms with Crippen molar-refractivity contribution in [3.05, 3.63) is 24.2 Å². The Morgan fingerprint density at radius 1 is 1.62 bits per heavy atom. The van der Waals surface area contributed by atoms with E-state index in [1.807, 2.05) is 0 Å². The number of hydrogen-bond acceptors (Lipinski definition) is 4. The third kappa shape index (κ3) is 3.61. The van der Waals surface area contributed by atoms with Crippen LogP contribution >= 0.6 is 0 Å². The Hall–Kier alpha value is -0.810. The first-order chi connectivity index (χ1) is 5.99. The Labute approximate surface area is 77.7 Å². The van der Waals surface area contributed by atoms with Gasteiger partial charge in [0.2, 0.25) is 0 Å². The molecular formula is C8H13NO3S. The molecule has 0 aromatic carbocycles. The van der Waals surface area contributed by atoms with E-state index in [0.29, 0.717) is 12.2 Å². The van der Waals surface area contributed by atoms with Crippen molar-refractivity contribution in [3.63, 3.8) is 0 Å². The van der Waals surface area contributed by atoms with Gasteiger partial charge in [0.1, 0.15) is 15.6 Å². The lowest BCUT2D eigenvalue weighted by molar-refractivity contribution is 0.459. The first kappa shape index (κ1) is 10.3. The van der Waals surface area contributed by atoms with E-state index in [-0.39, 0.29) is 11.8 Å². The topological polar surface area (TPSA) is 73.3 Å². The van der Waals surface area contributed by atoms with Crippen LogP contribution in [0.1, 0.15) is 18.2 Å². The van der Waals surface area contributed by atoms with E-state index < -0.39 is 9.84 Å². The predicted octanol–water partition coefficient (Wildman–Crippen LogP) is 0.714. The monoisotopic (exact) mass is 203 g/mol. The van der Waals surface area contributed by atoms with Crippen molar-refractivity contribution in [3.8, 4) is 0 Å². The van der Waals surface area contributed by atoms with Gasteiger partial charge in [0, 0.05) is 6.26 Å². The second-order valence-electron chi connectivity index (χ2n) is 3.04. The summed E-state index contributed by atoms with van der Waals surface area (Å²) in [6.45, 7) is 0. The van der Waals surface area contributed by atoms with Gasteiger partial charge in [-0.05, 0) is 18.6 Å². The van der Waals surface area contributed by atoms with E-state index >= 15 is 0 Å². The van der Waals surface area contributed by atoms with Crippen molar-refractivity contribution in [1.82, 2.24) is 0 Å². The molecule has 4 nitrogen and oxygen atoms in total. The molecule has 13 heavy (non-hydrogen) atoms. The molecule has 74 valence electrons. The number of sulfone groups is 1. The highest BCUT2D eigenvalue weighted by Crippen LogP contribution is 2.14. The Kier molecular flexibility index (Phi) is 3.11. The maximum Gasteiger partial charge on any atom is 0.147 e. The van der Waals surface area contributed by atoms with Crippen LogP contribution < -0.4 is 5.73 Å². The Bertz CT molecular complexity index is 341. The van der Waals surface area contributed by atoms with Crippen LogP contribution in [0.3, 0.4) is 0 Å². The summed E-state index contributed by atoms with van der Waals surface area (Å²) in [5, 5.41) is 0. The first-order valence-corrected chi connectivity index (χ1v) is 6.02. The minimum absolute atomic E-state index is 0.0921. The van der Waals surface area contributed by atoms with Crippen LogP contribution in [0.15, 0.2) is 22.8 Å². The average Bonchev–Trinajstić information content (AvgIpc) is 2.50. The van der Waals surface area contributed by atoms with E-state index in [0.717, 1.165) is 0 Å². The summed E-state index contributed by atoms with van der Waals surface area (Å²) in [6, 6.07) is 3.15. The quantitative estimate of drug-likeness (QED) is 0.782. The van der Waals surface area contributed by atoms with Crippen LogP contribution in [-0.2, 0) is 9.84 Å². The number of furan rings is 1. The van der Waals surface area contributed by atoms with Crippen molar-refractivity contribution < 1.29 is 12.8 Å². The van der Waals surface area contributed by atoms with Gasteiger partial charge < -0.3 is 10.2 Å². The minimum atomic E-state index is -2.93. The molecule has 5 heteroatoms. The second kappa shape index (κ2) is 3.93. The van der Waals surface area contributed by atoms with Gasteiger partial charge in [0.25, 0.3) is 0 Å². The van der Waals surface area contributed by atoms with E-state index in [1.165, 1.54) is 12.5 Å². The molecule has 1 heterocycles. The molecule has 0 fully saturated rings. The van der Waals surface area contributed by atoms with Crippen molar-refractivity contribution in [1.29, 1.82) is 0 Å². The lowest BCUT2D eigenvalue weighted by Crippen LogP contribution is -2.14. The molecule has 0 aliphatic carbocycles. The highest BCUT2D eigenvalue weighted by molar-refractivity contribution is 7.90. The molecule has 0 saturated carbocycles. The van der Waals surface area contributed by atoms with Crippen LogP contribution in [0.2, 0.25) is 0 Å². The average molecular weight is 203 g/mol. The van der Waals surface area contributed by atoms with E-state index in [4.69, 9.17) is 10.2 Å². The van der Waals surface area contributed by atoms with Gasteiger partial charge in [-0.3, -0.25) is 0 Å². The number of nitrogens with two attached hydrogens (primary N) is 1. The van der Waals surface area contributed by atoms with Crippen LogP contribution in [0.5, 0.6) is 0 Å². The zero-order valence-corrected chi connectivity index (χ0v) is 8.25. The first-order valence-electron chi connectivity index (χ1n) is 3.96. The van der Waals surface area contributed by atoms with Crippen molar-refractivity contribution in [2.24, 2.45) is 5.73 Å². The summed E-state index contributed by atoms with van der Waals surface area (Å²) < 4.78 is 26.7. The summed E-state index contributed by atoms with van der Waals surface area (Å²) in [5.41, 5.74) is 5.69. The molecule has 1 rings (SSSR count). The maximum atomic E-state index is 10.8. The van der Waals surface area contributed by atoms with Gasteiger partial charge in [-0.2, -0.15) is 0 Å². The fourth-order valence-electron chi connectivity index (χ4n) is 0.986. The molecule has 0 aliphatic rings. The zero-order valence-electron chi connectivity index (χ0n) is 7.43. The fraction of sp³-hybridized carbons (Fsp3) is 0.500.